The first kappa shape index (κ1) is 22.8. The summed E-state index contributed by atoms with van der Waals surface area (Å²) in [4.78, 5) is 13.8. The van der Waals surface area contributed by atoms with Crippen LogP contribution in [-0.2, 0) is 14.8 Å². The number of morpholine rings is 1. The van der Waals surface area contributed by atoms with Crippen molar-refractivity contribution in [2.45, 2.75) is 42.8 Å². The maximum absolute atomic E-state index is 13.0. The Labute approximate surface area is 183 Å². The number of carbonyl (C=O) groups excluding carboxylic acids is 1. The number of rotatable bonds is 7. The maximum Gasteiger partial charge on any atom is 0.251 e. The summed E-state index contributed by atoms with van der Waals surface area (Å²) in [7, 11) is -3.68. The van der Waals surface area contributed by atoms with Crippen molar-refractivity contribution in [3.8, 4) is 0 Å². The van der Waals surface area contributed by atoms with Gasteiger partial charge in [0.25, 0.3) is 5.91 Å². The van der Waals surface area contributed by atoms with Gasteiger partial charge in [-0.25, -0.2) is 8.42 Å². The molecule has 1 aliphatic heterocycles. The van der Waals surface area contributed by atoms with Gasteiger partial charge >= 0.3 is 0 Å². The van der Waals surface area contributed by atoms with E-state index in [1.165, 1.54) is 22.0 Å². The molecule has 1 aliphatic rings. The Morgan fingerprint density at radius 1 is 1.13 bits per heavy atom. The molecule has 1 N–H and O–H groups in total. The fourth-order valence-electron chi connectivity index (χ4n) is 3.34. The van der Waals surface area contributed by atoms with Crippen molar-refractivity contribution in [3.63, 3.8) is 0 Å². The average Bonchev–Trinajstić information content (AvgIpc) is 2.71. The van der Waals surface area contributed by atoms with E-state index in [1.807, 2.05) is 20.8 Å². The van der Waals surface area contributed by atoms with Crippen molar-refractivity contribution in [1.82, 2.24) is 9.62 Å². The number of hydrogen-bond donors (Lipinski definition) is 1. The zero-order chi connectivity index (χ0) is 21.7. The second-order valence-electron chi connectivity index (χ2n) is 7.52. The minimum atomic E-state index is -3.68. The van der Waals surface area contributed by atoms with E-state index in [-0.39, 0.29) is 23.0 Å². The summed E-state index contributed by atoms with van der Waals surface area (Å²) >= 11 is 1.66. The molecule has 6 nitrogen and oxygen atoms in total. The standard InChI is InChI=1S/C22H28N2O4S2/c1-16-7-9-20(10-8-16)29-12-11-23-22(25)19-5-4-6-21(13-19)30(26,27)24-14-17(2)28-18(3)15-24/h4-10,13,17-18H,11-12,14-15H2,1-3H3,(H,23,25). The number of sulfonamides is 1. The molecule has 1 saturated heterocycles. The highest BCUT2D eigenvalue weighted by atomic mass is 32.2. The Kier molecular flexibility index (Phi) is 7.57. The van der Waals surface area contributed by atoms with Crippen LogP contribution in [0.25, 0.3) is 0 Å². The lowest BCUT2D eigenvalue weighted by atomic mass is 10.2. The Hall–Kier alpha value is -1.87. The van der Waals surface area contributed by atoms with E-state index >= 15 is 0 Å². The second-order valence-corrected chi connectivity index (χ2v) is 10.6. The van der Waals surface area contributed by atoms with Gasteiger partial charge in [0.15, 0.2) is 0 Å². The quantitative estimate of drug-likeness (QED) is 0.520. The van der Waals surface area contributed by atoms with E-state index in [0.29, 0.717) is 25.2 Å². The summed E-state index contributed by atoms with van der Waals surface area (Å²) in [6, 6.07) is 14.5. The second kappa shape index (κ2) is 9.96. The molecule has 2 aromatic rings. The normalized spacial score (nSPS) is 20.1. The molecule has 1 fully saturated rings. The summed E-state index contributed by atoms with van der Waals surface area (Å²) in [6.07, 6.45) is -0.331. The predicted molar refractivity (Wildman–Crippen MR) is 119 cm³/mol. The number of benzene rings is 2. The smallest absolute Gasteiger partial charge is 0.251 e. The van der Waals surface area contributed by atoms with Gasteiger partial charge in [0.2, 0.25) is 10.0 Å². The first-order valence-electron chi connectivity index (χ1n) is 9.99. The van der Waals surface area contributed by atoms with E-state index < -0.39 is 10.0 Å². The summed E-state index contributed by atoms with van der Waals surface area (Å²) in [5.41, 5.74) is 1.55. The lowest BCUT2D eigenvalue weighted by Crippen LogP contribution is -2.48. The average molecular weight is 449 g/mol. The van der Waals surface area contributed by atoms with Crippen LogP contribution in [0.1, 0.15) is 29.8 Å². The highest BCUT2D eigenvalue weighted by molar-refractivity contribution is 7.99. The minimum Gasteiger partial charge on any atom is -0.373 e. The molecule has 3 rings (SSSR count). The summed E-state index contributed by atoms with van der Waals surface area (Å²) in [5.74, 6) is 0.455. The Balaban J connectivity index is 1.60. The third-order valence-electron chi connectivity index (χ3n) is 4.80. The van der Waals surface area contributed by atoms with Crippen molar-refractivity contribution in [2.24, 2.45) is 0 Å². The van der Waals surface area contributed by atoms with Crippen molar-refractivity contribution in [2.75, 3.05) is 25.4 Å². The number of aryl methyl sites for hydroxylation is 1. The first-order valence-corrected chi connectivity index (χ1v) is 12.4. The fraction of sp³-hybridized carbons (Fsp3) is 0.409. The van der Waals surface area contributed by atoms with Crippen molar-refractivity contribution in [3.05, 3.63) is 59.7 Å². The van der Waals surface area contributed by atoms with Crippen molar-refractivity contribution in [1.29, 1.82) is 0 Å². The van der Waals surface area contributed by atoms with E-state index in [1.54, 1.807) is 23.9 Å². The molecular formula is C22H28N2O4S2. The first-order chi connectivity index (χ1) is 14.3. The topological polar surface area (TPSA) is 75.7 Å². The Morgan fingerprint density at radius 2 is 1.80 bits per heavy atom. The number of ether oxygens (including phenoxy) is 1. The van der Waals surface area contributed by atoms with Gasteiger partial charge in [0.1, 0.15) is 0 Å². The SMILES string of the molecule is Cc1ccc(SCCNC(=O)c2cccc(S(=O)(=O)N3CC(C)OC(C)C3)c2)cc1. The Morgan fingerprint density at radius 3 is 2.47 bits per heavy atom. The lowest BCUT2D eigenvalue weighted by Gasteiger charge is -2.34. The zero-order valence-electron chi connectivity index (χ0n) is 17.5. The van der Waals surface area contributed by atoms with Gasteiger partial charge in [0, 0.05) is 35.8 Å². The van der Waals surface area contributed by atoms with Gasteiger partial charge in [-0.1, -0.05) is 23.8 Å². The third kappa shape index (κ3) is 5.85. The van der Waals surface area contributed by atoms with Gasteiger partial charge in [-0.3, -0.25) is 4.79 Å². The summed E-state index contributed by atoms with van der Waals surface area (Å²) in [6.45, 7) is 6.86. The molecule has 2 aromatic carbocycles. The van der Waals surface area contributed by atoms with Crippen molar-refractivity contribution < 1.29 is 17.9 Å². The highest BCUT2D eigenvalue weighted by Crippen LogP contribution is 2.22. The van der Waals surface area contributed by atoms with Crippen LogP contribution in [0.4, 0.5) is 0 Å². The van der Waals surface area contributed by atoms with Crippen LogP contribution in [0.15, 0.2) is 58.3 Å². The van der Waals surface area contributed by atoms with Gasteiger partial charge < -0.3 is 10.1 Å². The van der Waals surface area contributed by atoms with Crippen LogP contribution in [0, 0.1) is 6.92 Å². The van der Waals surface area contributed by atoms with Crippen LogP contribution >= 0.6 is 11.8 Å². The minimum absolute atomic E-state index is 0.130. The molecule has 1 amide bonds. The number of thioether (sulfide) groups is 1. The molecule has 0 spiro atoms. The molecule has 1 heterocycles. The summed E-state index contributed by atoms with van der Waals surface area (Å²) < 4.78 is 33.1. The van der Waals surface area contributed by atoms with E-state index in [2.05, 4.69) is 29.6 Å². The monoisotopic (exact) mass is 448 g/mol. The molecular weight excluding hydrogens is 420 g/mol. The Bertz CT molecular complexity index is 967. The van der Waals surface area contributed by atoms with E-state index in [9.17, 15) is 13.2 Å². The van der Waals surface area contributed by atoms with E-state index in [0.717, 1.165) is 10.6 Å². The largest absolute Gasteiger partial charge is 0.373 e. The molecule has 2 unspecified atom stereocenters. The molecule has 162 valence electrons. The molecule has 0 radical (unpaired) electrons. The van der Waals surface area contributed by atoms with Crippen LogP contribution < -0.4 is 5.32 Å². The maximum atomic E-state index is 13.0. The molecule has 8 heteroatoms. The molecule has 2 atom stereocenters. The van der Waals surface area contributed by atoms with Crippen LogP contribution in [0.5, 0.6) is 0 Å². The van der Waals surface area contributed by atoms with Crippen molar-refractivity contribution >= 4 is 27.7 Å². The molecule has 0 bridgehead atoms. The van der Waals surface area contributed by atoms with Gasteiger partial charge in [-0.05, 0) is 51.1 Å². The predicted octanol–water partition coefficient (Wildman–Crippen LogP) is 3.32. The van der Waals surface area contributed by atoms with E-state index in [4.69, 9.17) is 4.74 Å². The third-order valence-corrected chi connectivity index (χ3v) is 7.64. The van der Waals surface area contributed by atoms with Crippen LogP contribution in [0.3, 0.4) is 0 Å². The lowest BCUT2D eigenvalue weighted by molar-refractivity contribution is -0.0440. The number of amides is 1. The molecule has 0 aromatic heterocycles. The molecule has 0 aliphatic carbocycles. The number of hydrogen-bond acceptors (Lipinski definition) is 5. The summed E-state index contributed by atoms with van der Waals surface area (Å²) in [5, 5.41) is 2.86. The van der Waals surface area contributed by atoms with Gasteiger partial charge in [-0.15, -0.1) is 11.8 Å². The van der Waals surface area contributed by atoms with Gasteiger partial charge in [0.05, 0.1) is 17.1 Å². The van der Waals surface area contributed by atoms with Crippen LogP contribution in [0.2, 0.25) is 0 Å². The van der Waals surface area contributed by atoms with Gasteiger partial charge in [-0.2, -0.15) is 4.31 Å². The molecule has 30 heavy (non-hydrogen) atoms. The molecule has 0 saturated carbocycles. The number of nitrogens with one attached hydrogen (secondary N) is 1. The highest BCUT2D eigenvalue weighted by Gasteiger charge is 2.32. The zero-order valence-corrected chi connectivity index (χ0v) is 19.1. The fourth-order valence-corrected chi connectivity index (χ4v) is 5.75. The van der Waals surface area contributed by atoms with Crippen LogP contribution in [-0.4, -0.2) is 56.2 Å². The number of carbonyl (C=O) groups is 1. The number of nitrogens with zero attached hydrogens (tertiary/aromatic N) is 1.